The number of ketones is 1. The minimum Gasteiger partial charge on any atom is -0.747 e. The van der Waals surface area contributed by atoms with Gasteiger partial charge in [-0.25, -0.2) is 8.42 Å². The third-order valence-corrected chi connectivity index (χ3v) is 4.69. The molecule has 0 saturated carbocycles. The maximum absolute atomic E-state index is 11.5. The molecule has 1 N–H and O–H groups in total. The summed E-state index contributed by atoms with van der Waals surface area (Å²) >= 11 is 0. The number of hydrogen-bond acceptors (Lipinski definition) is 5. The van der Waals surface area contributed by atoms with Gasteiger partial charge in [0.05, 0.1) is 6.61 Å². The van der Waals surface area contributed by atoms with E-state index in [2.05, 4.69) is 13.8 Å². The molecule has 0 saturated heterocycles. The third kappa shape index (κ3) is 13.0. The van der Waals surface area contributed by atoms with Crippen LogP contribution in [0.15, 0.2) is 0 Å². The maximum atomic E-state index is 11.5. The van der Waals surface area contributed by atoms with Crippen LogP contribution in [0.3, 0.4) is 0 Å². The Labute approximate surface area is 157 Å². The Balaban J connectivity index is 0. The Morgan fingerprint density at radius 1 is 1.00 bits per heavy atom. The van der Waals surface area contributed by atoms with Gasteiger partial charge in [-0.15, -0.1) is 0 Å². The van der Waals surface area contributed by atoms with E-state index < -0.39 is 27.8 Å². The maximum Gasteiger partial charge on any atom is 1.00 e. The molecule has 0 aliphatic rings. The van der Waals surface area contributed by atoms with Crippen molar-refractivity contribution in [3.63, 3.8) is 0 Å². The van der Waals surface area contributed by atoms with E-state index in [1.807, 2.05) is 0 Å². The van der Waals surface area contributed by atoms with Gasteiger partial charge in [0, 0.05) is 6.42 Å². The second-order valence-electron chi connectivity index (χ2n) is 6.04. The van der Waals surface area contributed by atoms with Crippen molar-refractivity contribution in [3.8, 4) is 0 Å². The topological polar surface area (TPSA) is 94.5 Å². The van der Waals surface area contributed by atoms with Crippen LogP contribution in [-0.2, 0) is 14.9 Å². The summed E-state index contributed by atoms with van der Waals surface area (Å²) in [5.41, 5.74) is 0. The Morgan fingerprint density at radius 2 is 1.45 bits per heavy atom. The molecule has 126 valence electrons. The van der Waals surface area contributed by atoms with Crippen LogP contribution in [0.5, 0.6) is 0 Å². The molecule has 1 atom stereocenters. The standard InChI is InChI=1S/C15H30O5S.Na/c1-13(2)10-8-6-4-3-5-7-9-11-14(17)15(12-16)21(18,19)20;/h13,15-16H,3-12H2,1-2H3,(H,18,19,20);/q;+1/p-1. The predicted molar refractivity (Wildman–Crippen MR) is 82.0 cm³/mol. The fraction of sp³-hybridized carbons (Fsp3) is 0.933. The van der Waals surface area contributed by atoms with Crippen molar-refractivity contribution in [1.29, 1.82) is 0 Å². The van der Waals surface area contributed by atoms with Gasteiger partial charge in [0.1, 0.15) is 15.4 Å². The largest absolute Gasteiger partial charge is 1.00 e. The molecule has 5 nitrogen and oxygen atoms in total. The minimum atomic E-state index is -4.73. The van der Waals surface area contributed by atoms with Crippen molar-refractivity contribution >= 4 is 15.9 Å². The van der Waals surface area contributed by atoms with E-state index in [9.17, 15) is 17.8 Å². The van der Waals surface area contributed by atoms with E-state index in [-0.39, 0.29) is 36.0 Å². The van der Waals surface area contributed by atoms with Crippen LogP contribution in [0.2, 0.25) is 0 Å². The second-order valence-corrected chi connectivity index (χ2v) is 7.59. The number of rotatable bonds is 13. The smallest absolute Gasteiger partial charge is 0.747 e. The van der Waals surface area contributed by atoms with Crippen molar-refractivity contribution < 1.29 is 52.4 Å². The molecule has 7 heteroatoms. The molecule has 0 aliphatic carbocycles. The number of aliphatic hydroxyl groups excluding tert-OH is 1. The van der Waals surface area contributed by atoms with Gasteiger partial charge < -0.3 is 9.66 Å². The molecule has 0 amide bonds. The van der Waals surface area contributed by atoms with Crippen LogP contribution in [0, 0.1) is 5.92 Å². The van der Waals surface area contributed by atoms with Gasteiger partial charge in [-0.1, -0.05) is 58.8 Å². The first-order valence-corrected chi connectivity index (χ1v) is 9.34. The number of Topliss-reactive ketones (excluding diaryl/α,β-unsaturated/α-hetero) is 1. The number of hydrogen-bond donors (Lipinski definition) is 1. The molecule has 0 aromatic carbocycles. The van der Waals surface area contributed by atoms with Crippen LogP contribution in [-0.4, -0.2) is 35.7 Å². The van der Waals surface area contributed by atoms with Crippen LogP contribution in [0.4, 0.5) is 0 Å². The zero-order valence-electron chi connectivity index (χ0n) is 14.2. The summed E-state index contributed by atoms with van der Waals surface area (Å²) in [4.78, 5) is 11.5. The molecule has 0 rings (SSSR count). The van der Waals surface area contributed by atoms with Gasteiger partial charge in [-0.3, -0.25) is 4.79 Å². The van der Waals surface area contributed by atoms with Gasteiger partial charge in [0.2, 0.25) is 0 Å². The van der Waals surface area contributed by atoms with Crippen molar-refractivity contribution in [1.82, 2.24) is 0 Å². The Morgan fingerprint density at radius 3 is 1.86 bits per heavy atom. The first-order valence-electron chi connectivity index (χ1n) is 7.87. The fourth-order valence-corrected chi connectivity index (χ4v) is 2.87. The van der Waals surface area contributed by atoms with Crippen LogP contribution in [0.1, 0.15) is 71.6 Å². The molecule has 1 unspecified atom stereocenters. The second kappa shape index (κ2) is 13.9. The normalized spacial score (nSPS) is 13.0. The number of aliphatic hydroxyl groups is 1. The molecule has 0 heterocycles. The van der Waals surface area contributed by atoms with E-state index in [1.165, 1.54) is 25.7 Å². The van der Waals surface area contributed by atoms with Gasteiger partial charge in [-0.2, -0.15) is 0 Å². The molecule has 0 spiro atoms. The van der Waals surface area contributed by atoms with E-state index in [4.69, 9.17) is 5.11 Å². The van der Waals surface area contributed by atoms with Crippen LogP contribution >= 0.6 is 0 Å². The number of carbonyl (C=O) groups excluding carboxylic acids is 1. The quantitative estimate of drug-likeness (QED) is 0.279. The third-order valence-electron chi connectivity index (χ3n) is 3.58. The first kappa shape index (κ1) is 24.8. The summed E-state index contributed by atoms with van der Waals surface area (Å²) in [5, 5.41) is 7.01. The van der Waals surface area contributed by atoms with E-state index >= 15 is 0 Å². The fourth-order valence-electron chi connectivity index (χ4n) is 2.25. The average Bonchev–Trinajstić information content (AvgIpc) is 2.35. The van der Waals surface area contributed by atoms with Gasteiger partial charge in [-0.05, 0) is 12.3 Å². The summed E-state index contributed by atoms with van der Waals surface area (Å²) in [6.45, 7) is 3.53. The summed E-state index contributed by atoms with van der Waals surface area (Å²) in [7, 11) is -4.73. The molecule has 0 aromatic heterocycles. The van der Waals surface area contributed by atoms with Crippen molar-refractivity contribution in [3.05, 3.63) is 0 Å². The molecular weight excluding hydrogens is 315 g/mol. The summed E-state index contributed by atoms with van der Waals surface area (Å²) < 4.78 is 32.3. The zero-order chi connectivity index (χ0) is 16.3. The zero-order valence-corrected chi connectivity index (χ0v) is 17.0. The van der Waals surface area contributed by atoms with E-state index in [0.29, 0.717) is 6.42 Å². The van der Waals surface area contributed by atoms with Crippen LogP contribution < -0.4 is 29.6 Å². The molecule has 0 radical (unpaired) electrons. The number of carbonyl (C=O) groups is 1. The summed E-state index contributed by atoms with van der Waals surface area (Å²) in [6, 6.07) is 0. The molecule has 22 heavy (non-hydrogen) atoms. The SMILES string of the molecule is CC(C)CCCCCCCCCC(=O)C(CO)S(=O)(=O)[O-].[Na+]. The molecule has 0 bridgehead atoms. The Kier molecular flexibility index (Phi) is 15.7. The molecule has 0 fully saturated rings. The minimum absolute atomic E-state index is 0. The van der Waals surface area contributed by atoms with Gasteiger partial charge in [0.15, 0.2) is 5.78 Å². The number of unbranched alkanes of at least 4 members (excludes halogenated alkanes) is 6. The van der Waals surface area contributed by atoms with E-state index in [0.717, 1.165) is 25.2 Å². The molecule has 0 aromatic rings. The van der Waals surface area contributed by atoms with Crippen molar-refractivity contribution in [2.75, 3.05) is 6.61 Å². The summed E-state index contributed by atoms with van der Waals surface area (Å²) in [6.07, 6.45) is 8.58. The Bertz CT molecular complexity index is 381. The summed E-state index contributed by atoms with van der Waals surface area (Å²) in [5.74, 6) is 0.0946. The monoisotopic (exact) mass is 344 g/mol. The average molecular weight is 344 g/mol. The van der Waals surface area contributed by atoms with Crippen molar-refractivity contribution in [2.24, 2.45) is 5.92 Å². The predicted octanol–water partition coefficient (Wildman–Crippen LogP) is -0.367. The van der Waals surface area contributed by atoms with E-state index in [1.54, 1.807) is 0 Å². The molecule has 0 aliphatic heterocycles. The van der Waals surface area contributed by atoms with Gasteiger partial charge in [0.25, 0.3) is 0 Å². The Hall–Kier alpha value is 0.540. The van der Waals surface area contributed by atoms with Crippen LogP contribution in [0.25, 0.3) is 0 Å². The molecular formula is C15H29NaO5S. The first-order chi connectivity index (χ1) is 9.79. The van der Waals surface area contributed by atoms with Crippen molar-refractivity contribution in [2.45, 2.75) is 76.9 Å². The van der Waals surface area contributed by atoms with Gasteiger partial charge >= 0.3 is 29.6 Å².